The molecule has 2 aromatic rings. The number of halogens is 1. The van der Waals surface area contributed by atoms with Crippen molar-refractivity contribution in [3.8, 4) is 5.75 Å². The first-order chi connectivity index (χ1) is 9.60. The van der Waals surface area contributed by atoms with E-state index in [-0.39, 0.29) is 0 Å². The van der Waals surface area contributed by atoms with E-state index in [1.165, 1.54) is 0 Å². The van der Waals surface area contributed by atoms with Gasteiger partial charge in [0.25, 0.3) is 0 Å². The molecule has 0 aliphatic heterocycles. The Morgan fingerprint density at radius 1 is 1.35 bits per heavy atom. The molecule has 0 radical (unpaired) electrons. The molecule has 6 heteroatoms. The largest absolute Gasteiger partial charge is 0.497 e. The number of benzene rings is 1. The number of aromatic nitrogens is 1. The Hall–Kier alpha value is -2.08. The predicted molar refractivity (Wildman–Crippen MR) is 80.5 cm³/mol. The van der Waals surface area contributed by atoms with Crippen LogP contribution in [0.1, 0.15) is 11.6 Å². The standard InChI is InChI=1S/C14H14BrN3O2/c1-20-12-4-2-11(3-5-12)18-13(14(16)19)9-6-10(15)8-17-7-9/h2-8,13,18H,1H3,(H2,16,19). The fourth-order valence-corrected chi connectivity index (χ4v) is 2.14. The number of ether oxygens (including phenoxy) is 1. The minimum Gasteiger partial charge on any atom is -0.497 e. The van der Waals surface area contributed by atoms with Gasteiger partial charge in [-0.3, -0.25) is 9.78 Å². The zero-order chi connectivity index (χ0) is 14.5. The van der Waals surface area contributed by atoms with E-state index >= 15 is 0 Å². The summed E-state index contributed by atoms with van der Waals surface area (Å²) in [5.74, 6) is 0.274. The first-order valence-electron chi connectivity index (χ1n) is 5.90. The van der Waals surface area contributed by atoms with Crippen LogP contribution in [0.25, 0.3) is 0 Å². The van der Waals surface area contributed by atoms with Crippen molar-refractivity contribution in [2.45, 2.75) is 6.04 Å². The maximum absolute atomic E-state index is 11.6. The Morgan fingerprint density at radius 2 is 2.05 bits per heavy atom. The molecule has 0 saturated carbocycles. The van der Waals surface area contributed by atoms with Gasteiger partial charge in [0.05, 0.1) is 7.11 Å². The van der Waals surface area contributed by atoms with Crippen LogP contribution in [0.15, 0.2) is 47.2 Å². The summed E-state index contributed by atoms with van der Waals surface area (Å²) < 4.78 is 5.88. The molecule has 1 heterocycles. The molecule has 104 valence electrons. The van der Waals surface area contributed by atoms with Gasteiger partial charge in [0.2, 0.25) is 5.91 Å². The summed E-state index contributed by atoms with van der Waals surface area (Å²) in [6.07, 6.45) is 3.26. The summed E-state index contributed by atoms with van der Waals surface area (Å²) in [4.78, 5) is 15.7. The topological polar surface area (TPSA) is 77.2 Å². The normalized spacial score (nSPS) is 11.7. The van der Waals surface area contributed by atoms with Crippen LogP contribution in [0, 0.1) is 0 Å². The van der Waals surface area contributed by atoms with Crippen molar-refractivity contribution >= 4 is 27.5 Å². The molecule has 0 aliphatic carbocycles. The number of pyridine rings is 1. The minimum atomic E-state index is -0.645. The average molecular weight is 336 g/mol. The summed E-state index contributed by atoms with van der Waals surface area (Å²) in [6, 6.07) is 8.41. The number of carbonyl (C=O) groups excluding carboxylic acids is 1. The van der Waals surface area contributed by atoms with Crippen LogP contribution in [0.4, 0.5) is 5.69 Å². The minimum absolute atomic E-state index is 0.472. The molecule has 1 amide bonds. The molecular formula is C14H14BrN3O2. The average Bonchev–Trinajstić information content (AvgIpc) is 2.45. The Morgan fingerprint density at radius 3 is 2.60 bits per heavy atom. The fourth-order valence-electron chi connectivity index (χ4n) is 1.76. The lowest BCUT2D eigenvalue weighted by Gasteiger charge is -2.17. The third-order valence-electron chi connectivity index (χ3n) is 2.74. The Balaban J connectivity index is 2.23. The van der Waals surface area contributed by atoms with Crippen LogP contribution >= 0.6 is 15.9 Å². The van der Waals surface area contributed by atoms with Crippen molar-refractivity contribution in [3.63, 3.8) is 0 Å². The predicted octanol–water partition coefficient (Wildman–Crippen LogP) is 2.49. The van der Waals surface area contributed by atoms with Gasteiger partial charge in [-0.2, -0.15) is 0 Å². The number of carbonyl (C=O) groups is 1. The summed E-state index contributed by atoms with van der Waals surface area (Å²) in [5, 5.41) is 3.08. The van der Waals surface area contributed by atoms with Gasteiger partial charge in [0.15, 0.2) is 0 Å². The number of hydrogen-bond acceptors (Lipinski definition) is 4. The molecule has 20 heavy (non-hydrogen) atoms. The Bertz CT molecular complexity index is 602. The summed E-state index contributed by atoms with van der Waals surface area (Å²) in [6.45, 7) is 0. The van der Waals surface area contributed by atoms with Gasteiger partial charge >= 0.3 is 0 Å². The number of anilines is 1. The molecule has 0 spiro atoms. The van der Waals surface area contributed by atoms with Crippen molar-refractivity contribution in [1.82, 2.24) is 4.98 Å². The van der Waals surface area contributed by atoms with Gasteiger partial charge in [-0.05, 0) is 46.3 Å². The van der Waals surface area contributed by atoms with Crippen LogP contribution in [0.3, 0.4) is 0 Å². The highest BCUT2D eigenvalue weighted by Crippen LogP contribution is 2.23. The third kappa shape index (κ3) is 3.48. The smallest absolute Gasteiger partial charge is 0.244 e. The van der Waals surface area contributed by atoms with Crippen LogP contribution in [-0.2, 0) is 4.79 Å². The van der Waals surface area contributed by atoms with Crippen LogP contribution in [0.2, 0.25) is 0 Å². The van der Waals surface area contributed by atoms with Crippen LogP contribution in [0.5, 0.6) is 5.75 Å². The Labute approximate surface area is 125 Å². The molecule has 0 fully saturated rings. The second-order valence-corrected chi connectivity index (χ2v) is 5.06. The molecule has 0 saturated heterocycles. The molecule has 3 N–H and O–H groups in total. The Kier molecular flexibility index (Phi) is 4.57. The number of primary amides is 1. The lowest BCUT2D eigenvalue weighted by atomic mass is 10.1. The third-order valence-corrected chi connectivity index (χ3v) is 3.18. The second-order valence-electron chi connectivity index (χ2n) is 4.14. The van der Waals surface area contributed by atoms with Crippen molar-refractivity contribution in [1.29, 1.82) is 0 Å². The van der Waals surface area contributed by atoms with Gasteiger partial charge in [0.1, 0.15) is 11.8 Å². The molecule has 5 nitrogen and oxygen atoms in total. The van der Waals surface area contributed by atoms with E-state index < -0.39 is 11.9 Å². The number of nitrogens with zero attached hydrogens (tertiary/aromatic N) is 1. The van der Waals surface area contributed by atoms with E-state index in [1.807, 2.05) is 12.1 Å². The summed E-state index contributed by atoms with van der Waals surface area (Å²) in [5.41, 5.74) is 6.92. The van der Waals surface area contributed by atoms with E-state index in [2.05, 4.69) is 26.2 Å². The van der Waals surface area contributed by atoms with Gasteiger partial charge in [-0.1, -0.05) is 0 Å². The fraction of sp³-hybridized carbons (Fsp3) is 0.143. The number of hydrogen-bond donors (Lipinski definition) is 2. The molecule has 1 aromatic carbocycles. The first kappa shape index (κ1) is 14.3. The highest BCUT2D eigenvalue weighted by atomic mass is 79.9. The zero-order valence-electron chi connectivity index (χ0n) is 10.8. The van der Waals surface area contributed by atoms with E-state index in [4.69, 9.17) is 10.5 Å². The molecular weight excluding hydrogens is 322 g/mol. The van der Waals surface area contributed by atoms with Crippen LogP contribution < -0.4 is 15.8 Å². The lowest BCUT2D eigenvalue weighted by molar-refractivity contribution is -0.118. The first-order valence-corrected chi connectivity index (χ1v) is 6.70. The van der Waals surface area contributed by atoms with E-state index in [1.54, 1.807) is 37.7 Å². The van der Waals surface area contributed by atoms with Gasteiger partial charge in [-0.25, -0.2) is 0 Å². The van der Waals surface area contributed by atoms with E-state index in [0.29, 0.717) is 5.56 Å². The quantitative estimate of drug-likeness (QED) is 0.879. The molecule has 1 unspecified atom stereocenters. The molecule has 0 aliphatic rings. The zero-order valence-corrected chi connectivity index (χ0v) is 12.4. The van der Waals surface area contributed by atoms with Gasteiger partial charge in [0, 0.05) is 28.1 Å². The summed E-state index contributed by atoms with van der Waals surface area (Å²) >= 11 is 3.32. The van der Waals surface area contributed by atoms with E-state index in [9.17, 15) is 4.79 Å². The second kappa shape index (κ2) is 6.38. The number of amides is 1. The highest BCUT2D eigenvalue weighted by molar-refractivity contribution is 9.10. The molecule has 1 atom stereocenters. The molecule has 0 bridgehead atoms. The molecule has 1 aromatic heterocycles. The number of nitrogens with one attached hydrogen (secondary N) is 1. The maximum atomic E-state index is 11.6. The SMILES string of the molecule is COc1ccc(NC(C(N)=O)c2cncc(Br)c2)cc1. The van der Waals surface area contributed by atoms with Gasteiger partial charge in [-0.15, -0.1) is 0 Å². The molecule has 2 rings (SSSR count). The van der Waals surface area contributed by atoms with Crippen molar-refractivity contribution < 1.29 is 9.53 Å². The van der Waals surface area contributed by atoms with E-state index in [0.717, 1.165) is 15.9 Å². The lowest BCUT2D eigenvalue weighted by Crippen LogP contribution is -2.27. The maximum Gasteiger partial charge on any atom is 0.244 e. The van der Waals surface area contributed by atoms with Gasteiger partial charge < -0.3 is 15.8 Å². The number of methoxy groups -OCH3 is 1. The monoisotopic (exact) mass is 335 g/mol. The van der Waals surface area contributed by atoms with Crippen LogP contribution in [-0.4, -0.2) is 18.0 Å². The van der Waals surface area contributed by atoms with Crippen molar-refractivity contribution in [2.24, 2.45) is 5.73 Å². The van der Waals surface area contributed by atoms with Crippen molar-refractivity contribution in [3.05, 3.63) is 52.8 Å². The number of nitrogens with two attached hydrogens (primary N) is 1. The highest BCUT2D eigenvalue weighted by Gasteiger charge is 2.18. The van der Waals surface area contributed by atoms with Crippen molar-refractivity contribution in [2.75, 3.05) is 12.4 Å². The number of rotatable bonds is 5. The summed E-state index contributed by atoms with van der Waals surface area (Å²) in [7, 11) is 1.60.